The molecule has 6 heteroatoms. The average Bonchev–Trinajstić information content (AvgIpc) is 3.32. The molecule has 2 heterocycles. The van der Waals surface area contributed by atoms with Gasteiger partial charge in [0.1, 0.15) is 11.5 Å². The van der Waals surface area contributed by atoms with Crippen LogP contribution < -0.4 is 14.8 Å². The Bertz CT molecular complexity index is 1180. The summed E-state index contributed by atoms with van der Waals surface area (Å²) in [5.41, 5.74) is 6.40. The lowest BCUT2D eigenvalue weighted by molar-refractivity contribution is 0.111. The van der Waals surface area contributed by atoms with Gasteiger partial charge in [0.05, 0.1) is 24.3 Å². The summed E-state index contributed by atoms with van der Waals surface area (Å²) in [4.78, 5) is 12.0. The third-order valence-electron chi connectivity index (χ3n) is 6.70. The largest absolute Gasteiger partial charge is 0.493 e. The Balaban J connectivity index is 1.85. The highest BCUT2D eigenvalue weighted by Crippen LogP contribution is 2.44. The highest BCUT2D eigenvalue weighted by Gasteiger charge is 2.25. The van der Waals surface area contributed by atoms with Crippen LogP contribution in [-0.2, 0) is 13.0 Å². The van der Waals surface area contributed by atoms with E-state index >= 15 is 0 Å². The molecule has 1 aliphatic rings. The molecule has 0 saturated carbocycles. The minimum atomic E-state index is 0.234. The number of carbonyl (C=O) groups excluding carboxylic acids is 1. The fraction of sp³-hybridized carbons (Fsp3) is 0.467. The molecule has 2 aromatic carbocycles. The number of hydrogen-bond acceptors (Lipinski definition) is 6. The highest BCUT2D eigenvalue weighted by atomic mass is 16.5. The van der Waals surface area contributed by atoms with Crippen molar-refractivity contribution in [3.8, 4) is 33.9 Å². The number of aromatic nitrogens is 1. The second-order valence-electron chi connectivity index (χ2n) is 9.74. The first-order valence-electron chi connectivity index (χ1n) is 13.3. The Kier molecular flexibility index (Phi) is 8.81. The van der Waals surface area contributed by atoms with Crippen LogP contribution >= 0.6 is 0 Å². The van der Waals surface area contributed by atoms with Crippen LogP contribution in [0, 0.1) is 0 Å². The van der Waals surface area contributed by atoms with Gasteiger partial charge in [-0.1, -0.05) is 63.9 Å². The van der Waals surface area contributed by atoms with E-state index in [1.807, 2.05) is 6.07 Å². The van der Waals surface area contributed by atoms with Gasteiger partial charge in [-0.15, -0.1) is 0 Å². The van der Waals surface area contributed by atoms with Gasteiger partial charge in [0.25, 0.3) is 0 Å². The predicted octanol–water partition coefficient (Wildman–Crippen LogP) is 6.95. The second kappa shape index (κ2) is 12.2. The van der Waals surface area contributed by atoms with E-state index in [1.165, 1.54) is 11.1 Å². The number of rotatable bonds is 12. The number of carbonyl (C=O) groups is 1. The van der Waals surface area contributed by atoms with Crippen molar-refractivity contribution >= 4 is 6.29 Å². The maximum atomic E-state index is 12.0. The molecule has 0 atom stereocenters. The lowest BCUT2D eigenvalue weighted by Crippen LogP contribution is -2.23. The summed E-state index contributed by atoms with van der Waals surface area (Å²) in [5.74, 6) is 2.32. The van der Waals surface area contributed by atoms with E-state index in [4.69, 9.17) is 14.0 Å². The van der Waals surface area contributed by atoms with Crippen molar-refractivity contribution in [3.63, 3.8) is 0 Å². The molecule has 0 amide bonds. The van der Waals surface area contributed by atoms with Crippen LogP contribution in [0.1, 0.15) is 86.5 Å². The predicted molar refractivity (Wildman–Crippen MR) is 143 cm³/mol. The molecular weight excluding hydrogens is 452 g/mol. The molecule has 0 saturated heterocycles. The van der Waals surface area contributed by atoms with E-state index in [-0.39, 0.29) is 5.92 Å². The SMILES string of the molecule is CCCCOc1cc(OCCCC)c(C(C)C)cc1-c1onc(C=O)c1-c1ccc2c(c1)CCNC2. The molecule has 0 aliphatic carbocycles. The van der Waals surface area contributed by atoms with Crippen LogP contribution in [0.4, 0.5) is 0 Å². The molecule has 1 aliphatic heterocycles. The molecule has 0 spiro atoms. The summed E-state index contributed by atoms with van der Waals surface area (Å²) >= 11 is 0. The number of benzene rings is 2. The molecule has 0 bridgehead atoms. The number of fused-ring (bicyclic) bond motifs is 1. The topological polar surface area (TPSA) is 73.6 Å². The van der Waals surface area contributed by atoms with Gasteiger partial charge < -0.3 is 19.3 Å². The van der Waals surface area contributed by atoms with Gasteiger partial charge in [0.2, 0.25) is 0 Å². The summed E-state index contributed by atoms with van der Waals surface area (Å²) in [6, 6.07) is 10.4. The zero-order valence-corrected chi connectivity index (χ0v) is 22.0. The molecule has 6 nitrogen and oxygen atoms in total. The Morgan fingerprint density at radius 1 is 1.03 bits per heavy atom. The standard InChI is InChI=1S/C30H38N2O4/c1-5-7-13-34-27-17-28(35-14-8-6-2)25(16-24(27)20(3)4)30-29(26(19-33)32-36-30)22-9-10-23-18-31-12-11-21(23)15-22/h9-10,15-17,19-20,31H,5-8,11-14,18H2,1-4H3. The number of nitrogens with zero attached hydrogens (tertiary/aromatic N) is 1. The van der Waals surface area contributed by atoms with Gasteiger partial charge in [0, 0.05) is 12.6 Å². The quantitative estimate of drug-likeness (QED) is 0.219. The third kappa shape index (κ3) is 5.65. The van der Waals surface area contributed by atoms with Crippen LogP contribution in [0.25, 0.3) is 22.5 Å². The molecule has 0 unspecified atom stereocenters. The fourth-order valence-corrected chi connectivity index (χ4v) is 4.58. The molecular formula is C30H38N2O4. The van der Waals surface area contributed by atoms with Gasteiger partial charge in [-0.05, 0) is 60.0 Å². The van der Waals surface area contributed by atoms with Crippen molar-refractivity contribution in [2.24, 2.45) is 0 Å². The maximum absolute atomic E-state index is 12.0. The minimum Gasteiger partial charge on any atom is -0.493 e. The minimum absolute atomic E-state index is 0.234. The monoisotopic (exact) mass is 490 g/mol. The van der Waals surface area contributed by atoms with Crippen LogP contribution in [0.5, 0.6) is 11.5 Å². The number of aldehydes is 1. The summed E-state index contributed by atoms with van der Waals surface area (Å²) in [5, 5.41) is 7.56. The van der Waals surface area contributed by atoms with E-state index in [0.717, 1.165) is 73.9 Å². The Labute approximate surface area is 214 Å². The first kappa shape index (κ1) is 26.0. The number of unbranched alkanes of at least 4 members (excludes halogenated alkanes) is 2. The average molecular weight is 491 g/mol. The molecule has 1 N–H and O–H groups in total. The van der Waals surface area contributed by atoms with E-state index in [2.05, 4.69) is 62.4 Å². The molecule has 36 heavy (non-hydrogen) atoms. The molecule has 3 aromatic rings. The lowest BCUT2D eigenvalue weighted by Gasteiger charge is -2.20. The van der Waals surface area contributed by atoms with Gasteiger partial charge in [-0.2, -0.15) is 0 Å². The summed E-state index contributed by atoms with van der Waals surface area (Å²) in [7, 11) is 0. The number of ether oxygens (including phenoxy) is 2. The zero-order valence-electron chi connectivity index (χ0n) is 22.0. The van der Waals surface area contributed by atoms with Gasteiger partial charge in [0.15, 0.2) is 17.7 Å². The van der Waals surface area contributed by atoms with Gasteiger partial charge in [-0.3, -0.25) is 4.79 Å². The molecule has 192 valence electrons. The van der Waals surface area contributed by atoms with Crippen molar-refractivity contribution < 1.29 is 18.8 Å². The zero-order chi connectivity index (χ0) is 25.5. The smallest absolute Gasteiger partial charge is 0.179 e. The van der Waals surface area contributed by atoms with Crippen molar-refractivity contribution in [1.82, 2.24) is 10.5 Å². The Morgan fingerprint density at radius 2 is 1.78 bits per heavy atom. The van der Waals surface area contributed by atoms with Crippen molar-refractivity contribution in [3.05, 3.63) is 52.7 Å². The van der Waals surface area contributed by atoms with Crippen LogP contribution in [-0.4, -0.2) is 31.2 Å². The molecule has 4 rings (SSSR count). The van der Waals surface area contributed by atoms with Gasteiger partial charge in [-0.25, -0.2) is 0 Å². The second-order valence-corrected chi connectivity index (χ2v) is 9.74. The third-order valence-corrected chi connectivity index (χ3v) is 6.70. The number of hydrogen-bond donors (Lipinski definition) is 1. The number of nitrogens with one attached hydrogen (secondary N) is 1. The van der Waals surface area contributed by atoms with Crippen molar-refractivity contribution in [1.29, 1.82) is 0 Å². The highest BCUT2D eigenvalue weighted by molar-refractivity contribution is 5.93. The van der Waals surface area contributed by atoms with E-state index < -0.39 is 0 Å². The first-order chi connectivity index (χ1) is 17.6. The summed E-state index contributed by atoms with van der Waals surface area (Å²) < 4.78 is 18.3. The van der Waals surface area contributed by atoms with E-state index in [1.54, 1.807) is 0 Å². The molecule has 0 fully saturated rings. The van der Waals surface area contributed by atoms with Crippen molar-refractivity contribution in [2.75, 3.05) is 19.8 Å². The summed E-state index contributed by atoms with van der Waals surface area (Å²) in [6.45, 7) is 11.7. The Hall–Kier alpha value is -3.12. The van der Waals surface area contributed by atoms with E-state index in [0.29, 0.717) is 36.0 Å². The normalized spacial score (nSPS) is 13.0. The first-order valence-corrected chi connectivity index (χ1v) is 13.3. The Morgan fingerprint density at radius 3 is 2.47 bits per heavy atom. The van der Waals surface area contributed by atoms with Gasteiger partial charge >= 0.3 is 0 Å². The maximum Gasteiger partial charge on any atom is 0.179 e. The van der Waals surface area contributed by atoms with E-state index in [9.17, 15) is 4.79 Å². The van der Waals surface area contributed by atoms with Crippen LogP contribution in [0.3, 0.4) is 0 Å². The fourth-order valence-electron chi connectivity index (χ4n) is 4.58. The van der Waals surface area contributed by atoms with Crippen LogP contribution in [0.15, 0.2) is 34.9 Å². The van der Waals surface area contributed by atoms with Crippen LogP contribution in [0.2, 0.25) is 0 Å². The lowest BCUT2D eigenvalue weighted by atomic mass is 9.91. The molecule has 0 radical (unpaired) electrons. The summed E-state index contributed by atoms with van der Waals surface area (Å²) in [6.07, 6.45) is 5.76. The molecule has 1 aromatic heterocycles. The van der Waals surface area contributed by atoms with Crippen molar-refractivity contribution in [2.45, 2.75) is 72.3 Å².